The van der Waals surface area contributed by atoms with Gasteiger partial charge in [0.2, 0.25) is 5.91 Å². The molecule has 0 radical (unpaired) electrons. The Kier molecular flexibility index (Phi) is 2.52. The third-order valence-corrected chi connectivity index (χ3v) is 3.67. The number of likely N-dealkylation sites (tertiary alicyclic amines) is 1. The first-order chi connectivity index (χ1) is 7.18. The molecule has 2 rings (SSSR count). The van der Waals surface area contributed by atoms with Crippen LogP contribution in [0.1, 0.15) is 38.5 Å². The molecule has 1 saturated heterocycles. The highest BCUT2D eigenvalue weighted by molar-refractivity contribution is 5.83. The van der Waals surface area contributed by atoms with Crippen molar-refractivity contribution >= 4 is 11.7 Å². The van der Waals surface area contributed by atoms with Crippen LogP contribution in [0.5, 0.6) is 0 Å². The molecule has 1 aliphatic heterocycles. The van der Waals surface area contributed by atoms with Crippen LogP contribution in [0.2, 0.25) is 0 Å². The number of ketones is 1. The molecular weight excluding hydrogens is 190 g/mol. The maximum atomic E-state index is 11.7. The van der Waals surface area contributed by atoms with Crippen molar-refractivity contribution < 1.29 is 9.59 Å². The fraction of sp³-hybridized carbons (Fsp3) is 0.667. The quantitative estimate of drug-likeness (QED) is 0.602. The van der Waals surface area contributed by atoms with Gasteiger partial charge in [0, 0.05) is 24.8 Å². The van der Waals surface area contributed by atoms with E-state index in [4.69, 9.17) is 6.42 Å². The molecule has 2 fully saturated rings. The van der Waals surface area contributed by atoms with Gasteiger partial charge in [-0.1, -0.05) is 5.92 Å². The van der Waals surface area contributed by atoms with Crippen molar-refractivity contribution in [2.24, 2.45) is 0 Å². The van der Waals surface area contributed by atoms with E-state index in [0.717, 1.165) is 19.3 Å². The summed E-state index contributed by atoms with van der Waals surface area (Å²) < 4.78 is 0. The summed E-state index contributed by atoms with van der Waals surface area (Å²) in [5.41, 5.74) is -0.0859. The minimum Gasteiger partial charge on any atom is -0.326 e. The van der Waals surface area contributed by atoms with Crippen molar-refractivity contribution in [1.82, 2.24) is 4.90 Å². The first-order valence-corrected chi connectivity index (χ1v) is 5.44. The van der Waals surface area contributed by atoms with E-state index in [-0.39, 0.29) is 11.4 Å². The minimum atomic E-state index is -0.0859. The van der Waals surface area contributed by atoms with Gasteiger partial charge < -0.3 is 4.90 Å². The summed E-state index contributed by atoms with van der Waals surface area (Å²) in [4.78, 5) is 24.7. The summed E-state index contributed by atoms with van der Waals surface area (Å²) in [5.74, 6) is 3.02. The predicted molar refractivity (Wildman–Crippen MR) is 56.0 cm³/mol. The lowest BCUT2D eigenvalue weighted by Crippen LogP contribution is -2.48. The van der Waals surface area contributed by atoms with Gasteiger partial charge in [0.05, 0.1) is 6.54 Å². The number of hydrogen-bond acceptors (Lipinski definition) is 2. The monoisotopic (exact) mass is 205 g/mol. The van der Waals surface area contributed by atoms with Crippen LogP contribution in [-0.4, -0.2) is 28.7 Å². The molecule has 0 N–H and O–H groups in total. The number of rotatable bonds is 1. The molecule has 1 saturated carbocycles. The number of nitrogens with zero attached hydrogens (tertiary/aromatic N) is 1. The van der Waals surface area contributed by atoms with E-state index in [1.807, 2.05) is 4.90 Å². The third kappa shape index (κ3) is 1.65. The highest BCUT2D eigenvalue weighted by atomic mass is 16.2. The average Bonchev–Trinajstić information content (AvgIpc) is 2.53. The summed E-state index contributed by atoms with van der Waals surface area (Å²) >= 11 is 0. The Morgan fingerprint density at radius 2 is 1.80 bits per heavy atom. The summed E-state index contributed by atoms with van der Waals surface area (Å²) in [6.07, 6.45) is 9.57. The second-order valence-electron chi connectivity index (χ2n) is 4.45. The van der Waals surface area contributed by atoms with Gasteiger partial charge in [-0.15, -0.1) is 6.42 Å². The highest BCUT2D eigenvalue weighted by Crippen LogP contribution is 2.40. The number of hydrogen-bond donors (Lipinski definition) is 0. The maximum absolute atomic E-state index is 11.7. The summed E-state index contributed by atoms with van der Waals surface area (Å²) in [5, 5.41) is 0. The average molecular weight is 205 g/mol. The Bertz CT molecular complexity index is 330. The lowest BCUT2D eigenvalue weighted by Gasteiger charge is -2.40. The Morgan fingerprint density at radius 1 is 1.20 bits per heavy atom. The zero-order valence-corrected chi connectivity index (χ0v) is 8.79. The molecule has 0 atom stereocenters. The lowest BCUT2D eigenvalue weighted by molar-refractivity contribution is -0.133. The van der Waals surface area contributed by atoms with Gasteiger partial charge in [0.1, 0.15) is 5.78 Å². The molecule has 1 spiro atoms. The van der Waals surface area contributed by atoms with E-state index in [0.29, 0.717) is 31.6 Å². The Balaban J connectivity index is 2.16. The largest absolute Gasteiger partial charge is 0.326 e. The maximum Gasteiger partial charge on any atom is 0.223 e. The zero-order valence-electron chi connectivity index (χ0n) is 8.79. The standard InChI is InChI=1S/C12H15NO2/c1-2-9-13-11(15)5-8-12(13)6-3-10(14)4-7-12/h1H,3-9H2. The van der Waals surface area contributed by atoms with Crippen LogP contribution in [0, 0.1) is 12.3 Å². The molecule has 1 amide bonds. The van der Waals surface area contributed by atoms with E-state index in [1.54, 1.807) is 0 Å². The number of carbonyl (C=O) groups excluding carboxylic acids is 2. The van der Waals surface area contributed by atoms with Crippen molar-refractivity contribution in [3.63, 3.8) is 0 Å². The fourth-order valence-electron chi connectivity index (χ4n) is 2.74. The molecule has 0 unspecified atom stereocenters. The Labute approximate surface area is 89.8 Å². The number of amides is 1. The minimum absolute atomic E-state index is 0.0859. The fourth-order valence-corrected chi connectivity index (χ4v) is 2.74. The van der Waals surface area contributed by atoms with Crippen LogP contribution < -0.4 is 0 Å². The van der Waals surface area contributed by atoms with Crippen LogP contribution in [0.4, 0.5) is 0 Å². The molecule has 0 aromatic carbocycles. The van der Waals surface area contributed by atoms with Crippen molar-refractivity contribution in [1.29, 1.82) is 0 Å². The summed E-state index contributed by atoms with van der Waals surface area (Å²) in [6, 6.07) is 0. The normalized spacial score (nSPS) is 24.6. The van der Waals surface area contributed by atoms with E-state index < -0.39 is 0 Å². The molecule has 1 aliphatic carbocycles. The molecule has 3 heteroatoms. The SMILES string of the molecule is C#CCN1C(=O)CCC12CCC(=O)CC2. The van der Waals surface area contributed by atoms with Crippen LogP contribution in [0.25, 0.3) is 0 Å². The van der Waals surface area contributed by atoms with Crippen LogP contribution in [0.15, 0.2) is 0 Å². The van der Waals surface area contributed by atoms with E-state index >= 15 is 0 Å². The molecule has 3 nitrogen and oxygen atoms in total. The predicted octanol–water partition coefficient (Wildman–Crippen LogP) is 1.12. The summed E-state index contributed by atoms with van der Waals surface area (Å²) in [6.45, 7) is 0.396. The van der Waals surface area contributed by atoms with Gasteiger partial charge in [-0.25, -0.2) is 0 Å². The third-order valence-electron chi connectivity index (χ3n) is 3.67. The molecule has 2 aliphatic rings. The van der Waals surface area contributed by atoms with Gasteiger partial charge in [-0.2, -0.15) is 0 Å². The Morgan fingerprint density at radius 3 is 2.40 bits per heavy atom. The number of carbonyl (C=O) groups is 2. The molecule has 0 aromatic rings. The molecule has 15 heavy (non-hydrogen) atoms. The smallest absolute Gasteiger partial charge is 0.223 e. The first kappa shape index (κ1) is 10.2. The lowest BCUT2D eigenvalue weighted by atomic mass is 9.79. The molecule has 0 bridgehead atoms. The molecule has 80 valence electrons. The molecular formula is C12H15NO2. The van der Waals surface area contributed by atoms with Gasteiger partial charge in [-0.05, 0) is 19.3 Å². The van der Waals surface area contributed by atoms with Gasteiger partial charge in [0.25, 0.3) is 0 Å². The number of Topliss-reactive ketones (excluding diaryl/α,β-unsaturated/α-hetero) is 1. The topological polar surface area (TPSA) is 37.4 Å². The van der Waals surface area contributed by atoms with Crippen LogP contribution in [-0.2, 0) is 9.59 Å². The van der Waals surface area contributed by atoms with Crippen LogP contribution >= 0.6 is 0 Å². The van der Waals surface area contributed by atoms with Crippen LogP contribution in [0.3, 0.4) is 0 Å². The second-order valence-corrected chi connectivity index (χ2v) is 4.45. The molecule has 0 aromatic heterocycles. The first-order valence-electron chi connectivity index (χ1n) is 5.44. The highest BCUT2D eigenvalue weighted by Gasteiger charge is 2.46. The Hall–Kier alpha value is -1.30. The second kappa shape index (κ2) is 3.69. The summed E-state index contributed by atoms with van der Waals surface area (Å²) in [7, 11) is 0. The number of terminal acetylenes is 1. The zero-order chi connectivity index (χ0) is 10.9. The van der Waals surface area contributed by atoms with Crippen molar-refractivity contribution in [2.45, 2.75) is 44.1 Å². The van der Waals surface area contributed by atoms with E-state index in [2.05, 4.69) is 5.92 Å². The van der Waals surface area contributed by atoms with Gasteiger partial charge in [0.15, 0.2) is 0 Å². The van der Waals surface area contributed by atoms with E-state index in [1.165, 1.54) is 0 Å². The molecule has 1 heterocycles. The van der Waals surface area contributed by atoms with Crippen molar-refractivity contribution in [3.05, 3.63) is 0 Å². The van der Waals surface area contributed by atoms with Gasteiger partial charge in [-0.3, -0.25) is 9.59 Å². The van der Waals surface area contributed by atoms with Crippen molar-refractivity contribution in [2.75, 3.05) is 6.54 Å². The van der Waals surface area contributed by atoms with E-state index in [9.17, 15) is 9.59 Å². The van der Waals surface area contributed by atoms with Gasteiger partial charge >= 0.3 is 0 Å². The van der Waals surface area contributed by atoms with Crippen molar-refractivity contribution in [3.8, 4) is 12.3 Å².